The molecule has 0 spiro atoms. The number of carbonyl (C=O) groups is 3. The first-order chi connectivity index (χ1) is 12.8. The van der Waals surface area contributed by atoms with Crippen molar-refractivity contribution in [1.29, 1.82) is 0 Å². The molecule has 0 unspecified atom stereocenters. The Morgan fingerprint density at radius 1 is 0.815 bits per heavy atom. The van der Waals surface area contributed by atoms with Crippen molar-refractivity contribution in [2.45, 2.75) is 33.6 Å². The lowest BCUT2D eigenvalue weighted by atomic mass is 10.1. The molecular weight excluding hydrogens is 344 g/mol. The fourth-order valence-corrected chi connectivity index (χ4v) is 2.43. The van der Waals surface area contributed by atoms with E-state index in [9.17, 15) is 14.4 Å². The first-order valence-corrected chi connectivity index (χ1v) is 8.73. The van der Waals surface area contributed by atoms with Gasteiger partial charge in [0.1, 0.15) is 0 Å². The van der Waals surface area contributed by atoms with Crippen molar-refractivity contribution in [1.82, 2.24) is 0 Å². The van der Waals surface area contributed by atoms with E-state index in [0.717, 1.165) is 22.4 Å². The second-order valence-corrected chi connectivity index (χ2v) is 6.44. The highest BCUT2D eigenvalue weighted by Gasteiger charge is 2.11. The fourth-order valence-electron chi connectivity index (χ4n) is 2.43. The third-order valence-corrected chi connectivity index (χ3v) is 3.91. The smallest absolute Gasteiger partial charge is 0.306 e. The topological polar surface area (TPSA) is 84.5 Å². The van der Waals surface area contributed by atoms with Crippen molar-refractivity contribution in [2.24, 2.45) is 0 Å². The van der Waals surface area contributed by atoms with E-state index in [-0.39, 0.29) is 25.4 Å². The summed E-state index contributed by atoms with van der Waals surface area (Å²) in [4.78, 5) is 35.5. The molecule has 0 saturated heterocycles. The highest BCUT2D eigenvalue weighted by atomic mass is 16.5. The number of esters is 1. The Hall–Kier alpha value is -3.15. The molecule has 0 fully saturated rings. The van der Waals surface area contributed by atoms with Crippen LogP contribution in [0.15, 0.2) is 42.5 Å². The van der Waals surface area contributed by atoms with Gasteiger partial charge in [-0.15, -0.1) is 0 Å². The fraction of sp³-hybridized carbons (Fsp3) is 0.286. The molecule has 0 saturated carbocycles. The maximum absolute atomic E-state index is 12.0. The molecule has 6 heteroatoms. The van der Waals surface area contributed by atoms with E-state index in [1.54, 1.807) is 12.1 Å². The van der Waals surface area contributed by atoms with Crippen molar-refractivity contribution >= 4 is 29.2 Å². The molecule has 2 aromatic carbocycles. The van der Waals surface area contributed by atoms with Crippen molar-refractivity contribution < 1.29 is 19.1 Å². The lowest BCUT2D eigenvalue weighted by Crippen LogP contribution is -2.21. The van der Waals surface area contributed by atoms with Crippen LogP contribution < -0.4 is 10.6 Å². The summed E-state index contributed by atoms with van der Waals surface area (Å²) in [6.07, 6.45) is -0.0969. The van der Waals surface area contributed by atoms with Gasteiger partial charge in [0.05, 0.1) is 6.42 Å². The van der Waals surface area contributed by atoms with Crippen LogP contribution in [0.2, 0.25) is 0 Å². The summed E-state index contributed by atoms with van der Waals surface area (Å²) in [5.41, 5.74) is 4.50. The number of aryl methyl sites for hydroxylation is 3. The average molecular weight is 368 g/mol. The molecule has 2 amide bonds. The number of ether oxygens (including phenoxy) is 1. The molecule has 0 atom stereocenters. The van der Waals surface area contributed by atoms with Gasteiger partial charge in [0.25, 0.3) is 5.91 Å². The van der Waals surface area contributed by atoms with E-state index in [4.69, 9.17) is 4.74 Å². The Bertz CT molecular complexity index is 829. The number of amides is 2. The maximum atomic E-state index is 12.0. The summed E-state index contributed by atoms with van der Waals surface area (Å²) >= 11 is 0. The third kappa shape index (κ3) is 6.93. The average Bonchev–Trinajstić information content (AvgIpc) is 2.62. The van der Waals surface area contributed by atoms with Crippen LogP contribution in [-0.2, 0) is 19.1 Å². The van der Waals surface area contributed by atoms with E-state index in [1.807, 2.05) is 51.1 Å². The Labute approximate surface area is 158 Å². The molecule has 142 valence electrons. The number of benzene rings is 2. The van der Waals surface area contributed by atoms with Gasteiger partial charge < -0.3 is 15.4 Å². The largest absolute Gasteiger partial charge is 0.456 e. The Morgan fingerprint density at radius 2 is 1.48 bits per heavy atom. The van der Waals surface area contributed by atoms with Gasteiger partial charge in [-0.2, -0.15) is 0 Å². The molecule has 27 heavy (non-hydrogen) atoms. The number of hydrogen-bond donors (Lipinski definition) is 2. The molecule has 2 rings (SSSR count). The molecule has 0 aliphatic rings. The van der Waals surface area contributed by atoms with Crippen LogP contribution in [0.5, 0.6) is 0 Å². The quantitative estimate of drug-likeness (QED) is 0.733. The summed E-state index contributed by atoms with van der Waals surface area (Å²) in [5, 5.41) is 5.41. The molecule has 0 bridgehead atoms. The lowest BCUT2D eigenvalue weighted by Gasteiger charge is -2.09. The van der Waals surface area contributed by atoms with Crippen LogP contribution in [0.3, 0.4) is 0 Å². The zero-order chi connectivity index (χ0) is 19.8. The Balaban J connectivity index is 1.69. The molecule has 0 heterocycles. The Kier molecular flexibility index (Phi) is 7.11. The molecule has 2 N–H and O–H groups in total. The maximum Gasteiger partial charge on any atom is 0.306 e. The second kappa shape index (κ2) is 9.52. The zero-order valence-electron chi connectivity index (χ0n) is 15.8. The van der Waals surface area contributed by atoms with Crippen LogP contribution in [0.1, 0.15) is 29.5 Å². The van der Waals surface area contributed by atoms with E-state index in [0.29, 0.717) is 5.69 Å². The van der Waals surface area contributed by atoms with Gasteiger partial charge in [-0.3, -0.25) is 14.4 Å². The predicted octanol–water partition coefficient (Wildman–Crippen LogP) is 3.51. The van der Waals surface area contributed by atoms with Gasteiger partial charge in [-0.25, -0.2) is 0 Å². The molecule has 0 radical (unpaired) electrons. The summed E-state index contributed by atoms with van der Waals surface area (Å²) in [6, 6.07) is 13.0. The molecule has 6 nitrogen and oxygen atoms in total. The van der Waals surface area contributed by atoms with Crippen molar-refractivity contribution in [2.75, 3.05) is 17.2 Å². The summed E-state index contributed by atoms with van der Waals surface area (Å²) in [7, 11) is 0. The molecule has 0 aliphatic carbocycles. The first kappa shape index (κ1) is 20.2. The van der Waals surface area contributed by atoms with Crippen molar-refractivity contribution in [3.05, 3.63) is 59.2 Å². The molecule has 0 aromatic heterocycles. The summed E-state index contributed by atoms with van der Waals surface area (Å²) in [5.74, 6) is -1.29. The van der Waals surface area contributed by atoms with E-state index >= 15 is 0 Å². The zero-order valence-corrected chi connectivity index (χ0v) is 15.8. The van der Waals surface area contributed by atoms with Gasteiger partial charge in [0, 0.05) is 17.8 Å². The number of hydrogen-bond acceptors (Lipinski definition) is 4. The number of nitrogens with one attached hydrogen (secondary N) is 2. The minimum absolute atomic E-state index is 0.00820. The lowest BCUT2D eigenvalue weighted by molar-refractivity contribution is -0.147. The van der Waals surface area contributed by atoms with Crippen LogP contribution >= 0.6 is 0 Å². The summed E-state index contributed by atoms with van der Waals surface area (Å²) in [6.45, 7) is 5.45. The van der Waals surface area contributed by atoms with E-state index < -0.39 is 11.9 Å². The van der Waals surface area contributed by atoms with E-state index in [1.165, 1.54) is 0 Å². The monoisotopic (exact) mass is 368 g/mol. The second-order valence-electron chi connectivity index (χ2n) is 6.44. The Morgan fingerprint density at radius 3 is 2.15 bits per heavy atom. The van der Waals surface area contributed by atoms with Crippen LogP contribution in [0.25, 0.3) is 0 Å². The molecular formula is C21H24N2O4. The van der Waals surface area contributed by atoms with Crippen LogP contribution in [0.4, 0.5) is 11.4 Å². The highest BCUT2D eigenvalue weighted by Crippen LogP contribution is 2.16. The van der Waals surface area contributed by atoms with Gasteiger partial charge in [0.15, 0.2) is 6.61 Å². The SMILES string of the molecule is Cc1ccc(NC(=O)COC(=O)CCC(=O)Nc2ccc(C)cc2C)cc1. The van der Waals surface area contributed by atoms with E-state index in [2.05, 4.69) is 10.6 Å². The minimum Gasteiger partial charge on any atom is -0.456 e. The normalized spacial score (nSPS) is 10.2. The van der Waals surface area contributed by atoms with Crippen molar-refractivity contribution in [3.8, 4) is 0 Å². The number of rotatable bonds is 7. The van der Waals surface area contributed by atoms with Gasteiger partial charge >= 0.3 is 5.97 Å². The van der Waals surface area contributed by atoms with Crippen LogP contribution in [-0.4, -0.2) is 24.4 Å². The van der Waals surface area contributed by atoms with Crippen LogP contribution in [0, 0.1) is 20.8 Å². The van der Waals surface area contributed by atoms with Gasteiger partial charge in [-0.05, 0) is 44.5 Å². The number of anilines is 2. The molecule has 0 aliphatic heterocycles. The summed E-state index contributed by atoms with van der Waals surface area (Å²) < 4.78 is 4.91. The van der Waals surface area contributed by atoms with Gasteiger partial charge in [-0.1, -0.05) is 35.4 Å². The highest BCUT2D eigenvalue weighted by molar-refractivity contribution is 5.94. The standard InChI is InChI=1S/C21H24N2O4/c1-14-4-7-17(8-5-14)22-20(25)13-27-21(26)11-10-19(24)23-18-9-6-15(2)12-16(18)3/h4-9,12H,10-11,13H2,1-3H3,(H,22,25)(H,23,24). The first-order valence-electron chi connectivity index (χ1n) is 8.73. The third-order valence-electron chi connectivity index (χ3n) is 3.91. The predicted molar refractivity (Wildman–Crippen MR) is 105 cm³/mol. The number of carbonyl (C=O) groups excluding carboxylic acids is 3. The van der Waals surface area contributed by atoms with Crippen molar-refractivity contribution in [3.63, 3.8) is 0 Å². The minimum atomic E-state index is -0.593. The van der Waals surface area contributed by atoms with Gasteiger partial charge in [0.2, 0.25) is 5.91 Å². The molecule has 2 aromatic rings.